The Balaban J connectivity index is 2.00. The van der Waals surface area contributed by atoms with Gasteiger partial charge in [-0.25, -0.2) is 4.79 Å². The van der Waals surface area contributed by atoms with Crippen molar-refractivity contribution in [1.82, 2.24) is 0 Å². The molecule has 1 aromatic rings. The van der Waals surface area contributed by atoms with E-state index in [0.717, 1.165) is 23.7 Å². The maximum Gasteiger partial charge on any atom is 0.335 e. The van der Waals surface area contributed by atoms with Crippen molar-refractivity contribution in [3.8, 4) is 5.75 Å². The number of rotatable bonds is 3. The summed E-state index contributed by atoms with van der Waals surface area (Å²) in [5, 5.41) is 8.72. The van der Waals surface area contributed by atoms with Gasteiger partial charge in [-0.15, -0.1) is 0 Å². The summed E-state index contributed by atoms with van der Waals surface area (Å²) in [6.45, 7) is 0. The summed E-state index contributed by atoms with van der Waals surface area (Å²) >= 11 is 1.89. The maximum absolute atomic E-state index is 10.6. The fraction of sp³-hybridized carbons (Fsp3) is 0.364. The highest BCUT2D eigenvalue weighted by Gasteiger charge is 2.16. The zero-order valence-electron chi connectivity index (χ0n) is 8.18. The molecule has 0 amide bonds. The van der Waals surface area contributed by atoms with Crippen LogP contribution in [-0.4, -0.2) is 28.7 Å². The molecule has 0 aromatic heterocycles. The molecule has 1 saturated heterocycles. The molecule has 2 rings (SSSR count). The topological polar surface area (TPSA) is 46.5 Å². The smallest absolute Gasteiger partial charge is 0.335 e. The van der Waals surface area contributed by atoms with Crippen LogP contribution in [0.3, 0.4) is 0 Å². The number of benzene rings is 1. The Morgan fingerprint density at radius 2 is 2.13 bits per heavy atom. The number of carboxylic acids is 1. The Morgan fingerprint density at radius 3 is 2.67 bits per heavy atom. The third-order valence-electron chi connectivity index (χ3n) is 2.29. The van der Waals surface area contributed by atoms with Crippen molar-refractivity contribution in [2.75, 3.05) is 11.5 Å². The van der Waals surface area contributed by atoms with Gasteiger partial charge >= 0.3 is 5.97 Å². The van der Waals surface area contributed by atoms with E-state index in [-0.39, 0.29) is 6.10 Å². The minimum atomic E-state index is -0.905. The molecule has 15 heavy (non-hydrogen) atoms. The average molecular weight is 224 g/mol. The van der Waals surface area contributed by atoms with E-state index in [2.05, 4.69) is 0 Å². The molecule has 1 aliphatic rings. The standard InChI is InChI=1S/C11H12O3S/c12-11(13)8-1-3-9(4-2-8)14-10-5-6-15-7-10/h1-4,10H,5-7H2,(H,12,13)/t10-/m0/s1. The lowest BCUT2D eigenvalue weighted by molar-refractivity contribution is 0.0697. The van der Waals surface area contributed by atoms with Gasteiger partial charge in [0, 0.05) is 5.75 Å². The molecule has 80 valence electrons. The highest BCUT2D eigenvalue weighted by molar-refractivity contribution is 7.99. The molecule has 0 radical (unpaired) electrons. The summed E-state index contributed by atoms with van der Waals surface area (Å²) in [5.74, 6) is 2.03. The number of carbonyl (C=O) groups is 1. The molecule has 4 heteroatoms. The van der Waals surface area contributed by atoms with Crippen LogP contribution in [0.15, 0.2) is 24.3 Å². The van der Waals surface area contributed by atoms with Crippen LogP contribution in [0.4, 0.5) is 0 Å². The molecular formula is C11H12O3S. The minimum Gasteiger partial charge on any atom is -0.490 e. The van der Waals surface area contributed by atoms with Crippen LogP contribution in [0.5, 0.6) is 5.75 Å². The van der Waals surface area contributed by atoms with E-state index in [9.17, 15) is 4.79 Å². The SMILES string of the molecule is O=C(O)c1ccc(O[C@H]2CCSC2)cc1. The largest absolute Gasteiger partial charge is 0.490 e. The minimum absolute atomic E-state index is 0.283. The lowest BCUT2D eigenvalue weighted by Gasteiger charge is -2.12. The van der Waals surface area contributed by atoms with Crippen molar-refractivity contribution < 1.29 is 14.6 Å². The lowest BCUT2D eigenvalue weighted by Crippen LogP contribution is -2.14. The first-order valence-corrected chi connectivity index (χ1v) is 5.99. The second-order valence-electron chi connectivity index (χ2n) is 3.43. The number of carboxylic acid groups (broad SMARTS) is 1. The van der Waals surface area contributed by atoms with Gasteiger partial charge in [0.25, 0.3) is 0 Å². The molecule has 1 heterocycles. The Kier molecular flexibility index (Phi) is 3.16. The van der Waals surface area contributed by atoms with Crippen molar-refractivity contribution >= 4 is 17.7 Å². The molecule has 0 saturated carbocycles. The molecule has 1 aliphatic heterocycles. The van der Waals surface area contributed by atoms with Gasteiger partial charge < -0.3 is 9.84 Å². The fourth-order valence-corrected chi connectivity index (χ4v) is 2.57. The second-order valence-corrected chi connectivity index (χ2v) is 4.58. The first kappa shape index (κ1) is 10.4. The molecule has 1 fully saturated rings. The van der Waals surface area contributed by atoms with Crippen LogP contribution in [-0.2, 0) is 0 Å². The molecule has 1 N–H and O–H groups in total. The Labute approximate surface area is 92.4 Å². The maximum atomic E-state index is 10.6. The van der Waals surface area contributed by atoms with Crippen LogP contribution in [0, 0.1) is 0 Å². The Morgan fingerprint density at radius 1 is 1.40 bits per heavy atom. The molecule has 1 atom stereocenters. The Bertz CT molecular complexity index is 341. The molecule has 3 nitrogen and oxygen atoms in total. The zero-order valence-corrected chi connectivity index (χ0v) is 9.00. The summed E-state index contributed by atoms with van der Waals surface area (Å²) in [4.78, 5) is 10.6. The number of aromatic carboxylic acids is 1. The van der Waals surface area contributed by atoms with Gasteiger partial charge in [-0.1, -0.05) is 0 Å². The van der Waals surface area contributed by atoms with Crippen LogP contribution in [0.1, 0.15) is 16.8 Å². The van der Waals surface area contributed by atoms with Crippen molar-refractivity contribution in [2.45, 2.75) is 12.5 Å². The first-order valence-electron chi connectivity index (χ1n) is 4.83. The first-order chi connectivity index (χ1) is 7.25. The van der Waals surface area contributed by atoms with Gasteiger partial charge in [0.1, 0.15) is 11.9 Å². The van der Waals surface area contributed by atoms with Gasteiger partial charge in [0.15, 0.2) is 0 Å². The molecule has 0 bridgehead atoms. The zero-order chi connectivity index (χ0) is 10.7. The van der Waals surface area contributed by atoms with Crippen LogP contribution < -0.4 is 4.74 Å². The summed E-state index contributed by atoms with van der Waals surface area (Å²) in [6, 6.07) is 6.57. The molecule has 1 aromatic carbocycles. The van der Waals surface area contributed by atoms with Crippen LogP contribution >= 0.6 is 11.8 Å². The van der Waals surface area contributed by atoms with Crippen molar-refractivity contribution in [3.05, 3.63) is 29.8 Å². The van der Waals surface area contributed by atoms with Crippen molar-refractivity contribution in [2.24, 2.45) is 0 Å². The molecule has 0 spiro atoms. The number of thioether (sulfide) groups is 1. The predicted octanol–water partition coefficient (Wildman–Crippen LogP) is 2.27. The van der Waals surface area contributed by atoms with E-state index in [1.807, 2.05) is 11.8 Å². The van der Waals surface area contributed by atoms with E-state index in [1.165, 1.54) is 0 Å². The highest BCUT2D eigenvalue weighted by atomic mass is 32.2. The fourth-order valence-electron chi connectivity index (χ4n) is 1.47. The quantitative estimate of drug-likeness (QED) is 0.855. The summed E-state index contributed by atoms with van der Waals surface area (Å²) in [5.41, 5.74) is 0.295. The van der Waals surface area contributed by atoms with E-state index in [4.69, 9.17) is 9.84 Å². The molecule has 0 unspecified atom stereocenters. The van der Waals surface area contributed by atoms with E-state index >= 15 is 0 Å². The summed E-state index contributed by atoms with van der Waals surface area (Å²) in [7, 11) is 0. The number of hydrogen-bond donors (Lipinski definition) is 1. The van der Waals surface area contributed by atoms with Gasteiger partial charge in [0.05, 0.1) is 5.56 Å². The third-order valence-corrected chi connectivity index (χ3v) is 3.42. The normalized spacial score (nSPS) is 20.1. The number of hydrogen-bond acceptors (Lipinski definition) is 3. The summed E-state index contributed by atoms with van der Waals surface area (Å²) < 4.78 is 5.70. The van der Waals surface area contributed by atoms with Gasteiger partial charge in [0.2, 0.25) is 0 Å². The molecule has 0 aliphatic carbocycles. The van der Waals surface area contributed by atoms with E-state index in [1.54, 1.807) is 24.3 Å². The van der Waals surface area contributed by atoms with Crippen LogP contribution in [0.2, 0.25) is 0 Å². The third kappa shape index (κ3) is 2.65. The second kappa shape index (κ2) is 4.57. The van der Waals surface area contributed by atoms with E-state index < -0.39 is 5.97 Å². The molecular weight excluding hydrogens is 212 g/mol. The van der Waals surface area contributed by atoms with Crippen molar-refractivity contribution in [1.29, 1.82) is 0 Å². The predicted molar refractivity (Wildman–Crippen MR) is 59.8 cm³/mol. The van der Waals surface area contributed by atoms with Crippen LogP contribution in [0.25, 0.3) is 0 Å². The Hall–Kier alpha value is -1.16. The van der Waals surface area contributed by atoms with Crippen molar-refractivity contribution in [3.63, 3.8) is 0 Å². The summed E-state index contributed by atoms with van der Waals surface area (Å²) in [6.07, 6.45) is 1.36. The highest BCUT2D eigenvalue weighted by Crippen LogP contribution is 2.23. The number of ether oxygens (including phenoxy) is 1. The average Bonchev–Trinajstić information content (AvgIpc) is 2.71. The van der Waals surface area contributed by atoms with Gasteiger partial charge in [-0.05, 0) is 36.4 Å². The van der Waals surface area contributed by atoms with Gasteiger partial charge in [-0.2, -0.15) is 11.8 Å². The monoisotopic (exact) mass is 224 g/mol. The lowest BCUT2D eigenvalue weighted by atomic mass is 10.2. The van der Waals surface area contributed by atoms with E-state index in [0.29, 0.717) is 5.56 Å². The van der Waals surface area contributed by atoms with Gasteiger partial charge in [-0.3, -0.25) is 0 Å².